The number of thiazole rings is 1. The first-order valence-corrected chi connectivity index (χ1v) is 9.17. The van der Waals surface area contributed by atoms with Crippen molar-refractivity contribution in [2.45, 2.75) is 0 Å². The maximum Gasteiger partial charge on any atom is 0.136 e. The van der Waals surface area contributed by atoms with Crippen molar-refractivity contribution in [3.05, 3.63) is 69.1 Å². The molecule has 26 heavy (non-hydrogen) atoms. The van der Waals surface area contributed by atoms with Gasteiger partial charge < -0.3 is 10.1 Å². The fraction of sp³-hybridized carbons (Fsp3) is 0.0526. The first-order chi connectivity index (χ1) is 12.6. The van der Waals surface area contributed by atoms with Gasteiger partial charge in [-0.15, -0.1) is 11.3 Å². The summed E-state index contributed by atoms with van der Waals surface area (Å²) in [4.78, 5) is 4.55. The predicted molar refractivity (Wildman–Crippen MR) is 108 cm³/mol. The highest BCUT2D eigenvalue weighted by molar-refractivity contribution is 7.11. The molecule has 1 aromatic heterocycles. The van der Waals surface area contributed by atoms with Crippen LogP contribution in [0.2, 0.25) is 10.0 Å². The normalized spacial score (nSPS) is 11.1. The van der Waals surface area contributed by atoms with Crippen LogP contribution in [0.5, 0.6) is 5.75 Å². The first-order valence-electron chi connectivity index (χ1n) is 7.53. The highest BCUT2D eigenvalue weighted by Gasteiger charge is 2.10. The number of nitriles is 1. The second kappa shape index (κ2) is 8.24. The van der Waals surface area contributed by atoms with Crippen molar-refractivity contribution in [3.63, 3.8) is 0 Å². The molecule has 1 heterocycles. The molecule has 3 aromatic rings. The second-order valence-corrected chi connectivity index (χ2v) is 6.83. The minimum absolute atomic E-state index is 0.403. The lowest BCUT2D eigenvalue weighted by molar-refractivity contribution is 0.415. The maximum atomic E-state index is 9.46. The lowest BCUT2D eigenvalue weighted by Crippen LogP contribution is -1.92. The fourth-order valence-electron chi connectivity index (χ4n) is 2.20. The molecule has 0 aliphatic heterocycles. The molecule has 0 aliphatic carbocycles. The Bertz CT molecular complexity index is 991. The molecule has 0 bridgehead atoms. The molecular formula is C19H13Cl2N3OS. The number of hydrogen-bond donors (Lipinski definition) is 1. The van der Waals surface area contributed by atoms with Crippen LogP contribution in [0.25, 0.3) is 16.8 Å². The summed E-state index contributed by atoms with van der Waals surface area (Å²) < 4.78 is 5.16. The van der Waals surface area contributed by atoms with Gasteiger partial charge in [0, 0.05) is 17.1 Å². The molecule has 2 aromatic carbocycles. The molecule has 0 saturated carbocycles. The zero-order valence-corrected chi connectivity index (χ0v) is 16.0. The second-order valence-electron chi connectivity index (χ2n) is 5.18. The Labute approximate surface area is 165 Å². The molecule has 0 saturated heterocycles. The summed E-state index contributed by atoms with van der Waals surface area (Å²) in [5, 5.41) is 15.9. The van der Waals surface area contributed by atoms with E-state index in [0.717, 1.165) is 17.0 Å². The molecule has 0 aliphatic rings. The average molecular weight is 402 g/mol. The van der Waals surface area contributed by atoms with Gasteiger partial charge in [0.25, 0.3) is 0 Å². The van der Waals surface area contributed by atoms with Crippen LogP contribution in [-0.4, -0.2) is 12.1 Å². The van der Waals surface area contributed by atoms with Gasteiger partial charge in [0.2, 0.25) is 0 Å². The van der Waals surface area contributed by atoms with Crippen molar-refractivity contribution in [2.24, 2.45) is 0 Å². The van der Waals surface area contributed by atoms with E-state index < -0.39 is 0 Å². The Balaban J connectivity index is 1.83. The van der Waals surface area contributed by atoms with E-state index in [4.69, 9.17) is 27.9 Å². The van der Waals surface area contributed by atoms with Crippen molar-refractivity contribution < 1.29 is 4.74 Å². The van der Waals surface area contributed by atoms with Gasteiger partial charge in [-0.1, -0.05) is 29.3 Å². The highest BCUT2D eigenvalue weighted by atomic mass is 35.5. The Morgan fingerprint density at radius 3 is 2.69 bits per heavy atom. The molecule has 3 rings (SSSR count). The molecule has 0 radical (unpaired) electrons. The van der Waals surface area contributed by atoms with Gasteiger partial charge in [0.05, 0.1) is 28.5 Å². The van der Waals surface area contributed by atoms with Crippen LogP contribution in [-0.2, 0) is 0 Å². The molecule has 0 atom stereocenters. The largest absolute Gasteiger partial charge is 0.497 e. The quantitative estimate of drug-likeness (QED) is 0.524. The Morgan fingerprint density at radius 1 is 1.23 bits per heavy atom. The zero-order valence-electron chi connectivity index (χ0n) is 13.7. The minimum atomic E-state index is 0.403. The van der Waals surface area contributed by atoms with Crippen molar-refractivity contribution in [1.29, 1.82) is 5.26 Å². The molecule has 7 heteroatoms. The van der Waals surface area contributed by atoms with E-state index in [1.165, 1.54) is 11.3 Å². The van der Waals surface area contributed by atoms with E-state index in [9.17, 15) is 5.26 Å². The Kier molecular flexibility index (Phi) is 5.79. The van der Waals surface area contributed by atoms with Crippen LogP contribution in [0, 0.1) is 11.3 Å². The lowest BCUT2D eigenvalue weighted by Gasteiger charge is -2.05. The fourth-order valence-corrected chi connectivity index (χ4v) is 3.35. The molecule has 0 amide bonds. The topological polar surface area (TPSA) is 57.9 Å². The summed E-state index contributed by atoms with van der Waals surface area (Å²) in [6, 6.07) is 15.0. The number of benzene rings is 2. The van der Waals surface area contributed by atoms with Gasteiger partial charge >= 0.3 is 0 Å². The van der Waals surface area contributed by atoms with E-state index in [1.54, 1.807) is 31.5 Å². The summed E-state index contributed by atoms with van der Waals surface area (Å²) >= 11 is 13.5. The number of methoxy groups -OCH3 is 1. The summed E-state index contributed by atoms with van der Waals surface area (Å²) in [7, 11) is 1.62. The maximum absolute atomic E-state index is 9.46. The van der Waals surface area contributed by atoms with Crippen molar-refractivity contribution in [1.82, 2.24) is 4.98 Å². The van der Waals surface area contributed by atoms with E-state index in [2.05, 4.69) is 16.4 Å². The number of rotatable bonds is 5. The van der Waals surface area contributed by atoms with Crippen molar-refractivity contribution in [2.75, 3.05) is 12.4 Å². The van der Waals surface area contributed by atoms with Crippen LogP contribution in [0.3, 0.4) is 0 Å². The van der Waals surface area contributed by atoms with Crippen LogP contribution in [0.4, 0.5) is 5.69 Å². The number of hydrogen-bond acceptors (Lipinski definition) is 5. The smallest absolute Gasteiger partial charge is 0.136 e. The number of halogens is 2. The third kappa shape index (κ3) is 4.00. The number of ether oxygens (including phenoxy) is 1. The highest BCUT2D eigenvalue weighted by Crippen LogP contribution is 2.31. The zero-order chi connectivity index (χ0) is 18.5. The number of anilines is 1. The number of allylic oxidation sites excluding steroid dienone is 1. The van der Waals surface area contributed by atoms with Gasteiger partial charge in [-0.3, -0.25) is 0 Å². The predicted octanol–water partition coefficient (Wildman–Crippen LogP) is 6.10. The molecule has 130 valence electrons. The van der Waals surface area contributed by atoms with E-state index in [1.807, 2.05) is 29.6 Å². The van der Waals surface area contributed by atoms with E-state index in [-0.39, 0.29) is 0 Å². The van der Waals surface area contributed by atoms with Crippen molar-refractivity contribution in [3.8, 4) is 23.1 Å². The van der Waals surface area contributed by atoms with Crippen molar-refractivity contribution >= 4 is 45.8 Å². The number of aromatic nitrogens is 1. The molecule has 0 fully saturated rings. The lowest BCUT2D eigenvalue weighted by atomic mass is 10.2. The summed E-state index contributed by atoms with van der Waals surface area (Å²) in [5.41, 5.74) is 2.79. The van der Waals surface area contributed by atoms with Gasteiger partial charge in [-0.25, -0.2) is 4.98 Å². The summed E-state index contributed by atoms with van der Waals surface area (Å²) in [6.45, 7) is 0. The van der Waals surface area contributed by atoms with Gasteiger partial charge in [-0.05, 0) is 36.4 Å². The number of nitrogens with zero attached hydrogens (tertiary/aromatic N) is 2. The molecule has 0 spiro atoms. The van der Waals surface area contributed by atoms with Gasteiger partial charge in [-0.2, -0.15) is 5.26 Å². The monoisotopic (exact) mass is 401 g/mol. The first kappa shape index (κ1) is 18.3. The third-order valence-corrected chi connectivity index (χ3v) is 5.26. The SMILES string of the molecule is COc1ccc(-c2csc(C(C#N)=CNc3cccc(Cl)c3Cl)n2)cc1. The van der Waals surface area contributed by atoms with E-state index >= 15 is 0 Å². The minimum Gasteiger partial charge on any atom is -0.497 e. The van der Waals surface area contributed by atoms with Gasteiger partial charge in [0.15, 0.2) is 0 Å². The van der Waals surface area contributed by atoms with Crippen LogP contribution in [0.15, 0.2) is 54.0 Å². The van der Waals surface area contributed by atoms with Gasteiger partial charge in [0.1, 0.15) is 22.4 Å². The standard InChI is InChI=1S/C19H13Cl2N3OS/c1-25-14-7-5-12(6-8-14)17-11-26-19(24-17)13(9-22)10-23-16-4-2-3-15(20)18(16)21/h2-8,10-11,23H,1H3. The Morgan fingerprint density at radius 2 is 2.00 bits per heavy atom. The molecule has 4 nitrogen and oxygen atoms in total. The average Bonchev–Trinajstić information content (AvgIpc) is 3.15. The number of nitrogens with one attached hydrogen (secondary N) is 1. The van der Waals surface area contributed by atoms with Crippen LogP contribution >= 0.6 is 34.5 Å². The molecule has 0 unspecified atom stereocenters. The molecular weight excluding hydrogens is 389 g/mol. The summed E-state index contributed by atoms with van der Waals surface area (Å²) in [5.74, 6) is 0.782. The van der Waals surface area contributed by atoms with Crippen LogP contribution in [0.1, 0.15) is 5.01 Å². The van der Waals surface area contributed by atoms with E-state index in [0.29, 0.717) is 26.3 Å². The molecule has 1 N–H and O–H groups in total. The Hall–Kier alpha value is -2.52. The van der Waals surface area contributed by atoms with Crippen LogP contribution < -0.4 is 10.1 Å². The summed E-state index contributed by atoms with van der Waals surface area (Å²) in [6.07, 6.45) is 1.58. The third-order valence-electron chi connectivity index (χ3n) is 3.56.